The Bertz CT molecular complexity index is 345. The van der Waals surface area contributed by atoms with Gasteiger partial charge in [-0.3, -0.25) is 0 Å². The molecule has 0 aliphatic heterocycles. The number of hydrogen-bond acceptors (Lipinski definition) is 3. The molecule has 2 rings (SSSR count). The summed E-state index contributed by atoms with van der Waals surface area (Å²) in [4.78, 5) is 0. The molecule has 0 saturated heterocycles. The SMILES string of the molecule is OCc1occc1-c1ccco1. The second kappa shape index (κ2) is 2.87. The van der Waals surface area contributed by atoms with E-state index in [2.05, 4.69) is 0 Å². The summed E-state index contributed by atoms with van der Waals surface area (Å²) < 4.78 is 10.2. The molecule has 62 valence electrons. The quantitative estimate of drug-likeness (QED) is 0.738. The van der Waals surface area contributed by atoms with Gasteiger partial charge in [-0.25, -0.2) is 0 Å². The van der Waals surface area contributed by atoms with E-state index in [1.54, 1.807) is 18.4 Å². The molecule has 0 unspecified atom stereocenters. The fourth-order valence-electron chi connectivity index (χ4n) is 1.11. The Balaban J connectivity index is 2.46. The molecule has 0 amide bonds. The van der Waals surface area contributed by atoms with Crippen molar-refractivity contribution in [3.8, 4) is 11.3 Å². The fraction of sp³-hybridized carbons (Fsp3) is 0.111. The number of hydrogen-bond donors (Lipinski definition) is 1. The maximum absolute atomic E-state index is 8.87. The van der Waals surface area contributed by atoms with Gasteiger partial charge in [-0.05, 0) is 18.2 Å². The molecular formula is C9H8O3. The van der Waals surface area contributed by atoms with Gasteiger partial charge in [-0.15, -0.1) is 0 Å². The van der Waals surface area contributed by atoms with Gasteiger partial charge in [0.05, 0.1) is 18.1 Å². The molecule has 0 aliphatic carbocycles. The van der Waals surface area contributed by atoms with E-state index in [1.165, 1.54) is 6.26 Å². The molecule has 0 fully saturated rings. The van der Waals surface area contributed by atoms with Crippen LogP contribution in [0.3, 0.4) is 0 Å². The molecule has 2 heterocycles. The Kier molecular flexibility index (Phi) is 1.72. The molecule has 3 nitrogen and oxygen atoms in total. The van der Waals surface area contributed by atoms with Crippen molar-refractivity contribution in [3.63, 3.8) is 0 Å². The molecule has 0 bridgehead atoms. The summed E-state index contributed by atoms with van der Waals surface area (Å²) >= 11 is 0. The third-order valence-electron chi connectivity index (χ3n) is 1.68. The first-order valence-corrected chi connectivity index (χ1v) is 3.63. The van der Waals surface area contributed by atoms with Gasteiger partial charge in [0.1, 0.15) is 18.1 Å². The van der Waals surface area contributed by atoms with Gasteiger partial charge in [0.2, 0.25) is 0 Å². The molecule has 0 aromatic carbocycles. The smallest absolute Gasteiger partial charge is 0.140 e. The van der Waals surface area contributed by atoms with E-state index >= 15 is 0 Å². The summed E-state index contributed by atoms with van der Waals surface area (Å²) in [7, 11) is 0. The van der Waals surface area contributed by atoms with Crippen LogP contribution in [0.5, 0.6) is 0 Å². The Labute approximate surface area is 69.2 Å². The van der Waals surface area contributed by atoms with Crippen LogP contribution in [0.25, 0.3) is 11.3 Å². The highest BCUT2D eigenvalue weighted by molar-refractivity contribution is 5.59. The van der Waals surface area contributed by atoms with E-state index in [0.29, 0.717) is 11.5 Å². The molecule has 12 heavy (non-hydrogen) atoms. The lowest BCUT2D eigenvalue weighted by Gasteiger charge is -1.93. The minimum atomic E-state index is -0.108. The molecule has 0 spiro atoms. The van der Waals surface area contributed by atoms with Crippen LogP contribution in [0.2, 0.25) is 0 Å². The average molecular weight is 164 g/mol. The molecule has 0 aliphatic rings. The first-order chi connectivity index (χ1) is 5.92. The van der Waals surface area contributed by atoms with E-state index in [4.69, 9.17) is 13.9 Å². The zero-order valence-electron chi connectivity index (χ0n) is 6.36. The molecule has 2 aromatic heterocycles. The van der Waals surface area contributed by atoms with Crippen molar-refractivity contribution in [3.05, 3.63) is 36.5 Å². The minimum absolute atomic E-state index is 0.108. The normalized spacial score (nSPS) is 10.4. The second-order valence-electron chi connectivity index (χ2n) is 2.39. The summed E-state index contributed by atoms with van der Waals surface area (Å²) in [5.41, 5.74) is 0.808. The summed E-state index contributed by atoms with van der Waals surface area (Å²) in [5, 5.41) is 8.87. The van der Waals surface area contributed by atoms with Crippen molar-refractivity contribution in [2.24, 2.45) is 0 Å². The highest BCUT2D eigenvalue weighted by Gasteiger charge is 2.08. The molecule has 3 heteroatoms. The Morgan fingerprint density at radius 1 is 1.17 bits per heavy atom. The number of furan rings is 2. The maximum Gasteiger partial charge on any atom is 0.140 e. The lowest BCUT2D eigenvalue weighted by atomic mass is 10.2. The van der Waals surface area contributed by atoms with Crippen LogP contribution in [0.4, 0.5) is 0 Å². The molecule has 2 aromatic rings. The monoisotopic (exact) mass is 164 g/mol. The standard InChI is InChI=1S/C9H8O3/c10-6-9-7(3-5-12-9)8-2-1-4-11-8/h1-5,10H,6H2. The second-order valence-corrected chi connectivity index (χ2v) is 2.39. The van der Waals surface area contributed by atoms with Crippen LogP contribution >= 0.6 is 0 Å². The van der Waals surface area contributed by atoms with Crippen LogP contribution in [0.1, 0.15) is 5.76 Å². The van der Waals surface area contributed by atoms with E-state index in [1.807, 2.05) is 6.07 Å². The van der Waals surface area contributed by atoms with Gasteiger partial charge in [0.15, 0.2) is 0 Å². The van der Waals surface area contributed by atoms with Crippen LogP contribution in [0, 0.1) is 0 Å². The van der Waals surface area contributed by atoms with E-state index in [-0.39, 0.29) is 6.61 Å². The first-order valence-electron chi connectivity index (χ1n) is 3.63. The van der Waals surface area contributed by atoms with Gasteiger partial charge in [-0.2, -0.15) is 0 Å². The van der Waals surface area contributed by atoms with Crippen molar-refractivity contribution >= 4 is 0 Å². The molecule has 0 atom stereocenters. The fourth-order valence-corrected chi connectivity index (χ4v) is 1.11. The minimum Gasteiger partial charge on any atom is -0.466 e. The third-order valence-corrected chi connectivity index (χ3v) is 1.68. The maximum atomic E-state index is 8.87. The number of aliphatic hydroxyl groups excluding tert-OH is 1. The van der Waals surface area contributed by atoms with Gasteiger partial charge < -0.3 is 13.9 Å². The first kappa shape index (κ1) is 7.18. The highest BCUT2D eigenvalue weighted by atomic mass is 16.4. The van der Waals surface area contributed by atoms with Crippen LogP contribution in [-0.2, 0) is 6.61 Å². The van der Waals surface area contributed by atoms with E-state index in [9.17, 15) is 0 Å². The topological polar surface area (TPSA) is 46.5 Å². The predicted octanol–water partition coefficient (Wildman–Crippen LogP) is 2.03. The van der Waals surface area contributed by atoms with Gasteiger partial charge >= 0.3 is 0 Å². The summed E-state index contributed by atoms with van der Waals surface area (Å²) in [6.45, 7) is -0.108. The lowest BCUT2D eigenvalue weighted by Crippen LogP contribution is -1.81. The van der Waals surface area contributed by atoms with Crippen LogP contribution in [0.15, 0.2) is 39.6 Å². The highest BCUT2D eigenvalue weighted by Crippen LogP contribution is 2.24. The van der Waals surface area contributed by atoms with Gasteiger partial charge in [0, 0.05) is 0 Å². The Morgan fingerprint density at radius 2 is 2.08 bits per heavy atom. The summed E-state index contributed by atoms with van der Waals surface area (Å²) in [6.07, 6.45) is 3.12. The van der Waals surface area contributed by atoms with E-state index < -0.39 is 0 Å². The summed E-state index contributed by atoms with van der Waals surface area (Å²) in [5.74, 6) is 1.25. The van der Waals surface area contributed by atoms with E-state index in [0.717, 1.165) is 5.56 Å². The van der Waals surface area contributed by atoms with Gasteiger partial charge in [0.25, 0.3) is 0 Å². The summed E-state index contributed by atoms with van der Waals surface area (Å²) in [6, 6.07) is 5.39. The van der Waals surface area contributed by atoms with Crippen molar-refractivity contribution in [2.45, 2.75) is 6.61 Å². The van der Waals surface area contributed by atoms with Crippen molar-refractivity contribution in [1.29, 1.82) is 0 Å². The number of aliphatic hydroxyl groups is 1. The van der Waals surface area contributed by atoms with Gasteiger partial charge in [-0.1, -0.05) is 0 Å². The Morgan fingerprint density at radius 3 is 2.75 bits per heavy atom. The van der Waals surface area contributed by atoms with Crippen molar-refractivity contribution in [2.75, 3.05) is 0 Å². The zero-order valence-corrected chi connectivity index (χ0v) is 6.36. The van der Waals surface area contributed by atoms with Crippen LogP contribution in [-0.4, -0.2) is 5.11 Å². The third kappa shape index (κ3) is 1.04. The Hall–Kier alpha value is -1.48. The average Bonchev–Trinajstić information content (AvgIpc) is 2.74. The molecule has 0 saturated carbocycles. The number of rotatable bonds is 2. The van der Waals surface area contributed by atoms with Crippen molar-refractivity contribution < 1.29 is 13.9 Å². The predicted molar refractivity (Wildman–Crippen MR) is 42.3 cm³/mol. The zero-order chi connectivity index (χ0) is 8.39. The molecule has 0 radical (unpaired) electrons. The largest absolute Gasteiger partial charge is 0.466 e. The molecule has 1 N–H and O–H groups in total. The van der Waals surface area contributed by atoms with Crippen molar-refractivity contribution in [1.82, 2.24) is 0 Å². The lowest BCUT2D eigenvalue weighted by molar-refractivity contribution is 0.247. The van der Waals surface area contributed by atoms with Crippen LogP contribution < -0.4 is 0 Å². The molecular weight excluding hydrogens is 156 g/mol.